The summed E-state index contributed by atoms with van der Waals surface area (Å²) in [6.45, 7) is 3.60. The molecule has 3 heterocycles. The maximum absolute atomic E-state index is 11.9. The highest BCUT2D eigenvalue weighted by molar-refractivity contribution is 6.05. The van der Waals surface area contributed by atoms with Gasteiger partial charge in [0.05, 0.1) is 88.5 Å². The number of aromatic amines is 2. The molecule has 406 valence electrons. The number of Topliss-reactive ketones (excluding diaryl/α,β-unsaturated/α-hetero) is 3. The molecule has 9 aliphatic rings. The third-order valence-electron chi connectivity index (χ3n) is 16.1. The highest BCUT2D eigenvalue weighted by Crippen LogP contribution is 2.44. The van der Waals surface area contributed by atoms with Crippen molar-refractivity contribution < 1.29 is 67.1 Å². The minimum absolute atomic E-state index is 0.0112. The number of morpholine rings is 1. The number of hydrogen-bond donors (Lipinski definition) is 3. The molecule has 0 aromatic carbocycles. The monoisotopic (exact) mass is 1030 g/mol. The predicted molar refractivity (Wildman–Crippen MR) is 266 cm³/mol. The molecule has 0 radical (unpaired) electrons. The van der Waals surface area contributed by atoms with E-state index < -0.39 is 11.9 Å². The van der Waals surface area contributed by atoms with Crippen molar-refractivity contribution in [1.82, 2.24) is 25.3 Å². The molecule has 3 N–H and O–H groups in total. The molecule has 0 amide bonds. The van der Waals surface area contributed by atoms with Gasteiger partial charge in [-0.2, -0.15) is 10.2 Å². The molecule has 19 heteroatoms. The number of carboxylic acids is 1. The van der Waals surface area contributed by atoms with Crippen LogP contribution in [0.15, 0.2) is 11.8 Å². The Balaban J connectivity index is 0.000000136. The number of carbonyl (C=O) groups is 8. The average Bonchev–Trinajstić information content (AvgIpc) is 4.36. The van der Waals surface area contributed by atoms with Crippen molar-refractivity contribution in [3.8, 4) is 0 Å². The average molecular weight is 1030 g/mol. The number of aryl methyl sites for hydroxylation is 2. The largest absolute Gasteiger partial charge is 0.481 e. The number of hydrogen-bond acceptors (Lipinski definition) is 16. The molecule has 6 fully saturated rings. The zero-order chi connectivity index (χ0) is 52.9. The lowest BCUT2D eigenvalue weighted by Gasteiger charge is -2.33. The SMILES string of the molecule is COC(=O)C1CC=C(N2CCOCC2)CC1.COC(=O)C1CCC(=O)C(C(=O)C2CC2)C1.COC(=O)C1CCC(=O)CC1.COC(=O)C1CCc2[nH]nc(C3CC3)c2C1.O=C(O)C1CCc2[nH]nc(C3CC3)c2C1. The van der Waals surface area contributed by atoms with Gasteiger partial charge in [0.1, 0.15) is 17.3 Å². The summed E-state index contributed by atoms with van der Waals surface area (Å²) in [6.07, 6.45) is 20.2. The molecule has 0 bridgehead atoms. The lowest BCUT2D eigenvalue weighted by Crippen LogP contribution is -2.36. The van der Waals surface area contributed by atoms with Gasteiger partial charge in [-0.1, -0.05) is 6.08 Å². The summed E-state index contributed by atoms with van der Waals surface area (Å²) in [5, 5.41) is 23.9. The van der Waals surface area contributed by atoms with Crippen molar-refractivity contribution in [2.45, 2.75) is 153 Å². The van der Waals surface area contributed by atoms with Crippen LogP contribution in [0.2, 0.25) is 0 Å². The van der Waals surface area contributed by atoms with Crippen molar-refractivity contribution in [3.63, 3.8) is 0 Å². The molecular formula is C55H77N5O14. The summed E-state index contributed by atoms with van der Waals surface area (Å²) in [5.74, 6) is -0.526. The Morgan fingerprint density at radius 1 is 0.568 bits per heavy atom. The summed E-state index contributed by atoms with van der Waals surface area (Å²) in [7, 11) is 5.66. The molecule has 1 saturated heterocycles. The van der Waals surface area contributed by atoms with Crippen LogP contribution in [0.4, 0.5) is 0 Å². The summed E-state index contributed by atoms with van der Waals surface area (Å²) < 4.78 is 24.2. The molecule has 1 aliphatic heterocycles. The summed E-state index contributed by atoms with van der Waals surface area (Å²) in [5.41, 5.74) is 8.65. The Morgan fingerprint density at radius 2 is 1.04 bits per heavy atom. The van der Waals surface area contributed by atoms with E-state index in [0.29, 0.717) is 63.2 Å². The first-order valence-electron chi connectivity index (χ1n) is 27.0. The number of nitrogens with zero attached hydrogens (tertiary/aromatic N) is 3. The van der Waals surface area contributed by atoms with Gasteiger partial charge in [-0.05, 0) is 133 Å². The van der Waals surface area contributed by atoms with E-state index in [1.54, 1.807) is 0 Å². The number of methoxy groups -OCH3 is 4. The maximum atomic E-state index is 11.9. The van der Waals surface area contributed by atoms with E-state index in [1.807, 2.05) is 0 Å². The van der Waals surface area contributed by atoms with E-state index in [4.69, 9.17) is 19.3 Å². The van der Waals surface area contributed by atoms with Gasteiger partial charge in [-0.15, -0.1) is 0 Å². The molecule has 5 unspecified atom stereocenters. The number of allylic oxidation sites excluding steroid dienone is 2. The fourth-order valence-electron chi connectivity index (χ4n) is 11.0. The van der Waals surface area contributed by atoms with Crippen LogP contribution in [0.1, 0.15) is 161 Å². The van der Waals surface area contributed by atoms with Crippen LogP contribution in [0, 0.1) is 41.4 Å². The Bertz CT molecular complexity index is 2340. The third kappa shape index (κ3) is 15.2. The molecule has 2 aromatic rings. The molecule has 74 heavy (non-hydrogen) atoms. The highest BCUT2D eigenvalue weighted by Gasteiger charge is 2.43. The van der Waals surface area contributed by atoms with Crippen LogP contribution in [0.3, 0.4) is 0 Å². The quantitative estimate of drug-likeness (QED) is 0.135. The lowest BCUT2D eigenvalue weighted by molar-refractivity contribution is -0.150. The fraction of sp³-hybridized carbons (Fsp3) is 0.709. The Morgan fingerprint density at radius 3 is 1.54 bits per heavy atom. The number of fused-ring (bicyclic) bond motifs is 2. The molecule has 5 saturated carbocycles. The third-order valence-corrected chi connectivity index (χ3v) is 16.1. The van der Waals surface area contributed by atoms with Crippen LogP contribution < -0.4 is 0 Å². The second kappa shape index (κ2) is 26.7. The van der Waals surface area contributed by atoms with E-state index in [1.165, 1.54) is 88.0 Å². The predicted octanol–water partition coefficient (Wildman–Crippen LogP) is 6.26. The number of aliphatic carboxylic acids is 1. The van der Waals surface area contributed by atoms with Crippen molar-refractivity contribution in [2.75, 3.05) is 54.7 Å². The minimum atomic E-state index is -0.663. The summed E-state index contributed by atoms with van der Waals surface area (Å²) >= 11 is 0. The number of esters is 4. The summed E-state index contributed by atoms with van der Waals surface area (Å²) in [6, 6.07) is 0. The van der Waals surface area contributed by atoms with E-state index in [-0.39, 0.29) is 76.7 Å². The lowest BCUT2D eigenvalue weighted by atomic mass is 9.77. The maximum Gasteiger partial charge on any atom is 0.309 e. The zero-order valence-electron chi connectivity index (χ0n) is 43.8. The van der Waals surface area contributed by atoms with E-state index >= 15 is 0 Å². The van der Waals surface area contributed by atoms with Crippen LogP contribution >= 0.6 is 0 Å². The van der Waals surface area contributed by atoms with Gasteiger partial charge in [0.25, 0.3) is 0 Å². The van der Waals surface area contributed by atoms with Gasteiger partial charge in [-0.25, -0.2) is 0 Å². The zero-order valence-corrected chi connectivity index (χ0v) is 43.8. The minimum Gasteiger partial charge on any atom is -0.481 e. The van der Waals surface area contributed by atoms with Gasteiger partial charge in [0.2, 0.25) is 0 Å². The number of H-pyrrole nitrogens is 2. The fourth-order valence-corrected chi connectivity index (χ4v) is 11.0. The molecule has 11 rings (SSSR count). The number of rotatable bonds is 10. The Kier molecular flexibility index (Phi) is 20.2. The number of ether oxygens (including phenoxy) is 5. The first-order valence-corrected chi connectivity index (χ1v) is 27.0. The Hall–Kier alpha value is -5.72. The van der Waals surface area contributed by atoms with Crippen molar-refractivity contribution in [1.29, 1.82) is 0 Å². The summed E-state index contributed by atoms with van der Waals surface area (Å²) in [4.78, 5) is 92.8. The van der Waals surface area contributed by atoms with Crippen molar-refractivity contribution in [2.24, 2.45) is 41.4 Å². The first kappa shape index (κ1) is 56.0. The number of nitrogens with one attached hydrogen (secondary N) is 2. The van der Waals surface area contributed by atoms with Gasteiger partial charge in [0, 0.05) is 67.2 Å². The van der Waals surface area contributed by atoms with E-state index in [2.05, 4.69) is 40.8 Å². The van der Waals surface area contributed by atoms with Crippen molar-refractivity contribution in [3.05, 3.63) is 45.7 Å². The Labute approximate surface area is 433 Å². The topological polar surface area (TPSA) is 264 Å². The van der Waals surface area contributed by atoms with Crippen LogP contribution in [0.25, 0.3) is 0 Å². The smallest absolute Gasteiger partial charge is 0.309 e. The number of aromatic nitrogens is 4. The molecule has 0 spiro atoms. The van der Waals surface area contributed by atoms with Gasteiger partial charge < -0.3 is 33.7 Å². The normalized spacial score (nSPS) is 25.3. The van der Waals surface area contributed by atoms with Gasteiger partial charge in [0.15, 0.2) is 0 Å². The van der Waals surface area contributed by atoms with Gasteiger partial charge in [-0.3, -0.25) is 48.6 Å². The molecule has 2 aromatic heterocycles. The number of carbonyl (C=O) groups excluding carboxylic acids is 7. The van der Waals surface area contributed by atoms with Crippen LogP contribution in [-0.4, -0.2) is 132 Å². The highest BCUT2D eigenvalue weighted by atomic mass is 16.5. The number of ketones is 3. The van der Waals surface area contributed by atoms with E-state index in [9.17, 15) is 38.4 Å². The second-order valence-corrected chi connectivity index (χ2v) is 21.2. The first-order chi connectivity index (χ1) is 35.7. The molecular weight excluding hydrogens is 955 g/mol. The van der Waals surface area contributed by atoms with Crippen LogP contribution in [0.5, 0.6) is 0 Å². The number of carboxylic acid groups (broad SMARTS) is 1. The van der Waals surface area contributed by atoms with Crippen molar-refractivity contribution >= 4 is 47.2 Å². The second-order valence-electron chi connectivity index (χ2n) is 21.2. The van der Waals surface area contributed by atoms with Crippen LogP contribution in [-0.2, 0) is 87.7 Å². The van der Waals surface area contributed by atoms with Gasteiger partial charge >= 0.3 is 29.8 Å². The van der Waals surface area contributed by atoms with E-state index in [0.717, 1.165) is 96.2 Å². The molecule has 5 atom stereocenters. The standard InChI is InChI=1S/C12H16N2O2.C12H19NO3.C12H16O4.C11H14N2O2.C8H12O3/c1-16-12(15)8-4-5-10-9(6-8)11(14-13-10)7-2-3-7;1-15-12(14)10-2-4-11(5-3-10)13-6-8-16-9-7-13;1-16-12(15)8-4-5-10(13)9(6-8)11(14)7-2-3-7;14-11(15)7-3-4-9-8(5-7)10(13-12-9)6-1-2-6;1-11-8(10)6-2-4-7(9)5-3-6/h7-8H,2-6H2,1H3,(H,13,14);4,10H,2-3,5-9H2,1H3;7-9H,2-6H2,1H3;6-7H,1-5H2,(H,12,13)(H,14,15);6H,2-5H2,1H3. The molecule has 8 aliphatic carbocycles. The molecule has 19 nitrogen and oxygen atoms in total.